The highest BCUT2D eigenvalue weighted by atomic mass is 16.6. The van der Waals surface area contributed by atoms with Gasteiger partial charge in [0.1, 0.15) is 0 Å². The Morgan fingerprint density at radius 1 is 0.269 bits per heavy atom. The van der Waals surface area contributed by atoms with Gasteiger partial charge in [-0.25, -0.2) is 0 Å². The Balaban J connectivity index is 2.07. The van der Waals surface area contributed by atoms with Gasteiger partial charge in [-0.3, -0.25) is 40.5 Å². The molecular weight excluding hydrogens is 664 g/mol. The van der Waals surface area contributed by atoms with Crippen LogP contribution in [0.4, 0.5) is 22.7 Å². The lowest BCUT2D eigenvalue weighted by Gasteiger charge is -2.26. The third kappa shape index (κ3) is 5.61. The van der Waals surface area contributed by atoms with Crippen LogP contribution in [0.25, 0.3) is 0 Å². The molecule has 0 spiro atoms. The summed E-state index contributed by atoms with van der Waals surface area (Å²) in [5, 5.41) is 50.8. The van der Waals surface area contributed by atoms with Gasteiger partial charge in [-0.1, -0.05) is 0 Å². The zero-order valence-electron chi connectivity index (χ0n) is 31.9. The summed E-state index contributed by atoms with van der Waals surface area (Å²) in [6, 6.07) is 0. The predicted molar refractivity (Wildman–Crippen MR) is 200 cm³/mol. The molecule has 0 atom stereocenters. The van der Waals surface area contributed by atoms with Crippen LogP contribution in [0.2, 0.25) is 0 Å². The van der Waals surface area contributed by atoms with Gasteiger partial charge in [0, 0.05) is 44.5 Å². The first-order valence-corrected chi connectivity index (χ1v) is 17.2. The first-order valence-electron chi connectivity index (χ1n) is 17.2. The highest BCUT2D eigenvalue weighted by Gasteiger charge is 2.33. The third-order valence-electron chi connectivity index (χ3n) is 12.2. The topological polar surface area (TPSA) is 173 Å². The van der Waals surface area contributed by atoms with Crippen molar-refractivity contribution in [2.24, 2.45) is 0 Å². The summed E-state index contributed by atoms with van der Waals surface area (Å²) in [5.41, 5.74) is 12.1. The molecule has 0 unspecified atom stereocenters. The van der Waals surface area contributed by atoms with Crippen molar-refractivity contribution in [2.45, 2.75) is 109 Å². The van der Waals surface area contributed by atoms with Gasteiger partial charge in [0.15, 0.2) is 0 Å². The molecule has 1 aliphatic rings. The minimum atomic E-state index is -0.394. The molecule has 0 amide bonds. The molecule has 0 aromatic heterocycles. The van der Waals surface area contributed by atoms with E-state index in [1.807, 2.05) is 27.7 Å². The Kier molecular flexibility index (Phi) is 9.60. The van der Waals surface area contributed by atoms with Gasteiger partial charge in [0.2, 0.25) is 0 Å². The van der Waals surface area contributed by atoms with Gasteiger partial charge in [-0.2, -0.15) is 0 Å². The largest absolute Gasteiger partial charge is 0.275 e. The van der Waals surface area contributed by atoms with Gasteiger partial charge in [0.25, 0.3) is 22.7 Å². The number of nitro benzene ring substituents is 4. The van der Waals surface area contributed by atoms with E-state index in [0.29, 0.717) is 89.0 Å². The molecule has 8 bridgehead atoms. The highest BCUT2D eigenvalue weighted by molar-refractivity contribution is 5.68. The standard InChI is InChI=1S/C40H44N4O8/c1-17-29-13-31-18(2)33(25(9)38(23(31)7)42(47)48)15-35-20(4)36(28(12)40(27(35)11)44(51)52)16-34-19(3)32(24(8)39(26(34)10)43(49)50)14-30(17)22(6)37(21(29)5)41(45)46/h13-16H2,1-12H3. The molecule has 0 aliphatic heterocycles. The first-order chi connectivity index (χ1) is 24.1. The first kappa shape index (κ1) is 37.7. The summed E-state index contributed by atoms with van der Waals surface area (Å²) >= 11 is 0. The Labute approximate surface area is 302 Å². The molecule has 52 heavy (non-hydrogen) atoms. The third-order valence-corrected chi connectivity index (χ3v) is 12.2. The number of nitrogens with zero attached hydrogens (tertiary/aromatic N) is 4. The molecule has 0 radical (unpaired) electrons. The van der Waals surface area contributed by atoms with Gasteiger partial charge in [0.05, 0.1) is 19.7 Å². The monoisotopic (exact) mass is 708 g/mol. The molecule has 0 N–H and O–H groups in total. The van der Waals surface area contributed by atoms with Crippen LogP contribution in [-0.2, 0) is 25.7 Å². The second-order valence-corrected chi connectivity index (χ2v) is 14.5. The average Bonchev–Trinajstić information content (AvgIpc) is 3.02. The maximum absolute atomic E-state index is 12.7. The molecule has 1 aliphatic carbocycles. The van der Waals surface area contributed by atoms with Crippen molar-refractivity contribution in [2.75, 3.05) is 0 Å². The van der Waals surface area contributed by atoms with E-state index in [9.17, 15) is 40.5 Å². The van der Waals surface area contributed by atoms with Crippen LogP contribution in [0.5, 0.6) is 0 Å². The number of benzene rings is 4. The molecule has 4 aromatic carbocycles. The Morgan fingerprint density at radius 3 is 0.481 bits per heavy atom. The second kappa shape index (κ2) is 13.2. The molecule has 12 nitrogen and oxygen atoms in total. The second-order valence-electron chi connectivity index (χ2n) is 14.5. The van der Waals surface area contributed by atoms with Crippen molar-refractivity contribution in [1.29, 1.82) is 0 Å². The van der Waals surface area contributed by atoms with E-state index in [-0.39, 0.29) is 48.4 Å². The van der Waals surface area contributed by atoms with E-state index >= 15 is 0 Å². The number of rotatable bonds is 4. The van der Waals surface area contributed by atoms with Crippen LogP contribution in [0.1, 0.15) is 111 Å². The van der Waals surface area contributed by atoms with Gasteiger partial charge >= 0.3 is 0 Å². The van der Waals surface area contributed by atoms with Crippen molar-refractivity contribution in [3.8, 4) is 0 Å². The quantitative estimate of drug-likeness (QED) is 0.131. The van der Waals surface area contributed by atoms with Crippen molar-refractivity contribution in [3.05, 3.63) is 152 Å². The minimum absolute atomic E-state index is 0.0461. The Hall–Kier alpha value is -5.52. The fourth-order valence-corrected chi connectivity index (χ4v) is 9.17. The van der Waals surface area contributed by atoms with Crippen molar-refractivity contribution >= 4 is 22.7 Å². The zero-order chi connectivity index (χ0) is 39.0. The van der Waals surface area contributed by atoms with Crippen molar-refractivity contribution in [3.63, 3.8) is 0 Å². The molecule has 5 rings (SSSR count). The van der Waals surface area contributed by atoms with E-state index in [1.54, 1.807) is 55.4 Å². The van der Waals surface area contributed by atoms with Crippen LogP contribution in [0, 0.1) is 124 Å². The van der Waals surface area contributed by atoms with Gasteiger partial charge in [-0.05, 0) is 176 Å². The van der Waals surface area contributed by atoms with Crippen LogP contribution in [-0.4, -0.2) is 19.7 Å². The Morgan fingerprint density at radius 2 is 0.385 bits per heavy atom. The summed E-state index contributed by atoms with van der Waals surface area (Å²) in [6.45, 7) is 21.2. The molecule has 4 aromatic rings. The molecule has 0 saturated heterocycles. The summed E-state index contributed by atoms with van der Waals surface area (Å²) in [5.74, 6) is 0. The zero-order valence-corrected chi connectivity index (χ0v) is 31.9. The number of nitro groups is 4. The summed E-state index contributed by atoms with van der Waals surface area (Å²) < 4.78 is 0. The van der Waals surface area contributed by atoms with E-state index in [2.05, 4.69) is 0 Å². The molecule has 12 heteroatoms. The summed E-state index contributed by atoms with van der Waals surface area (Å²) in [6.07, 6.45) is 0.691. The lowest BCUT2D eigenvalue weighted by Crippen LogP contribution is -2.15. The number of fused-ring (bicyclic) bond motifs is 8. The Bertz CT molecular complexity index is 1900. The highest BCUT2D eigenvalue weighted by Crippen LogP contribution is 2.44. The smallest absolute Gasteiger partial charge is 0.258 e. The van der Waals surface area contributed by atoms with Crippen molar-refractivity contribution < 1.29 is 19.7 Å². The number of hydrogen-bond donors (Lipinski definition) is 0. The van der Waals surface area contributed by atoms with Crippen LogP contribution >= 0.6 is 0 Å². The maximum atomic E-state index is 12.7. The van der Waals surface area contributed by atoms with E-state index in [1.165, 1.54) is 0 Å². The van der Waals surface area contributed by atoms with E-state index < -0.39 is 19.7 Å². The van der Waals surface area contributed by atoms with E-state index in [4.69, 9.17) is 0 Å². The summed E-state index contributed by atoms with van der Waals surface area (Å²) in [7, 11) is 0. The normalized spacial score (nSPS) is 12.5. The average molecular weight is 709 g/mol. The molecule has 0 heterocycles. The predicted octanol–water partition coefficient (Wildman–Crippen LogP) is 9.70. The van der Waals surface area contributed by atoms with Crippen LogP contribution in [0.15, 0.2) is 0 Å². The minimum Gasteiger partial charge on any atom is -0.258 e. The number of hydrogen-bond acceptors (Lipinski definition) is 8. The van der Waals surface area contributed by atoms with Gasteiger partial charge in [-0.15, -0.1) is 0 Å². The fourth-order valence-electron chi connectivity index (χ4n) is 9.17. The maximum Gasteiger partial charge on any atom is 0.275 e. The van der Waals surface area contributed by atoms with Crippen molar-refractivity contribution in [1.82, 2.24) is 0 Å². The fraction of sp³-hybridized carbons (Fsp3) is 0.400. The van der Waals surface area contributed by atoms with Crippen LogP contribution in [0.3, 0.4) is 0 Å². The molecule has 272 valence electrons. The van der Waals surface area contributed by atoms with Crippen LogP contribution < -0.4 is 0 Å². The van der Waals surface area contributed by atoms with E-state index in [0.717, 1.165) is 22.3 Å². The SMILES string of the molecule is Cc1c2c(C)c([N+](=O)[O-])c(C)c1Cc1c(C)c(c(C)c([N+](=O)[O-])c1C)Cc1c(C)c(c(C)c([N+](=O)[O-])c1C)Cc1c(C)c(c(C)c([N+](=O)[O-])c1C)C2. The molecule has 0 saturated carbocycles. The molecule has 0 fully saturated rings. The lowest BCUT2D eigenvalue weighted by atomic mass is 9.78. The lowest BCUT2D eigenvalue weighted by molar-refractivity contribution is -0.386. The van der Waals surface area contributed by atoms with Gasteiger partial charge < -0.3 is 0 Å². The molecular formula is C40H44N4O8. The summed E-state index contributed by atoms with van der Waals surface area (Å²) in [4.78, 5) is 49.2.